The summed E-state index contributed by atoms with van der Waals surface area (Å²) < 4.78 is 37.8. The van der Waals surface area contributed by atoms with Crippen molar-refractivity contribution in [2.45, 2.75) is 19.1 Å². The zero-order valence-electron chi connectivity index (χ0n) is 10.1. The lowest BCUT2D eigenvalue weighted by Crippen LogP contribution is -2.32. The van der Waals surface area contributed by atoms with Crippen LogP contribution in [0, 0.1) is 11.3 Å². The van der Waals surface area contributed by atoms with E-state index in [0.29, 0.717) is 0 Å². The summed E-state index contributed by atoms with van der Waals surface area (Å²) in [4.78, 5) is 3.87. The SMILES string of the molecule is CC(NO)C(=NCC#N)c1cccc(C(F)(F)F)c1. The van der Waals surface area contributed by atoms with Gasteiger partial charge in [0.15, 0.2) is 0 Å². The largest absolute Gasteiger partial charge is 0.416 e. The van der Waals surface area contributed by atoms with Crippen LogP contribution in [-0.2, 0) is 6.18 Å². The van der Waals surface area contributed by atoms with Gasteiger partial charge in [-0.15, -0.1) is 0 Å². The molecule has 0 aromatic heterocycles. The van der Waals surface area contributed by atoms with Crippen molar-refractivity contribution in [2.75, 3.05) is 6.54 Å². The summed E-state index contributed by atoms with van der Waals surface area (Å²) in [7, 11) is 0. The fourth-order valence-corrected chi connectivity index (χ4v) is 1.51. The lowest BCUT2D eigenvalue weighted by atomic mass is 10.0. The van der Waals surface area contributed by atoms with Crippen molar-refractivity contribution >= 4 is 5.71 Å². The van der Waals surface area contributed by atoms with Crippen molar-refractivity contribution in [1.29, 1.82) is 5.26 Å². The molecule has 0 saturated carbocycles. The Labute approximate surface area is 108 Å². The van der Waals surface area contributed by atoms with E-state index in [1.807, 2.05) is 5.48 Å². The molecule has 7 heteroatoms. The molecule has 0 radical (unpaired) electrons. The van der Waals surface area contributed by atoms with E-state index in [0.717, 1.165) is 12.1 Å². The van der Waals surface area contributed by atoms with Crippen molar-refractivity contribution in [2.24, 2.45) is 4.99 Å². The van der Waals surface area contributed by atoms with Gasteiger partial charge in [-0.1, -0.05) is 12.1 Å². The molecule has 0 spiro atoms. The molecule has 102 valence electrons. The third-order valence-corrected chi connectivity index (χ3v) is 2.41. The van der Waals surface area contributed by atoms with E-state index in [4.69, 9.17) is 10.5 Å². The summed E-state index contributed by atoms with van der Waals surface area (Å²) in [5.74, 6) is 0. The highest BCUT2D eigenvalue weighted by Gasteiger charge is 2.30. The summed E-state index contributed by atoms with van der Waals surface area (Å²) in [6.45, 7) is 1.33. The molecule has 0 aliphatic carbocycles. The highest BCUT2D eigenvalue weighted by atomic mass is 19.4. The van der Waals surface area contributed by atoms with Crippen LogP contribution in [0.3, 0.4) is 0 Å². The Morgan fingerprint density at radius 3 is 2.74 bits per heavy atom. The molecule has 1 atom stereocenters. The molecule has 0 heterocycles. The molecule has 0 fully saturated rings. The normalized spacial score (nSPS) is 14.0. The lowest BCUT2D eigenvalue weighted by molar-refractivity contribution is -0.137. The van der Waals surface area contributed by atoms with Crippen LogP contribution >= 0.6 is 0 Å². The maximum absolute atomic E-state index is 12.6. The Balaban J connectivity index is 3.21. The minimum Gasteiger partial charge on any atom is -0.316 e. The van der Waals surface area contributed by atoms with Crippen LogP contribution in [0.25, 0.3) is 0 Å². The molecule has 1 aromatic carbocycles. The van der Waals surface area contributed by atoms with E-state index in [9.17, 15) is 13.2 Å². The molecule has 1 aromatic rings. The second kappa shape index (κ2) is 6.31. The smallest absolute Gasteiger partial charge is 0.316 e. The quantitative estimate of drug-likeness (QED) is 0.502. The molecular weight excluding hydrogens is 259 g/mol. The number of nitrogens with zero attached hydrogens (tertiary/aromatic N) is 2. The van der Waals surface area contributed by atoms with Gasteiger partial charge in [-0.05, 0) is 24.6 Å². The third-order valence-electron chi connectivity index (χ3n) is 2.41. The van der Waals surface area contributed by atoms with Crippen molar-refractivity contribution in [3.63, 3.8) is 0 Å². The predicted octanol–water partition coefficient (Wildman–Crippen LogP) is 2.39. The van der Waals surface area contributed by atoms with Gasteiger partial charge >= 0.3 is 6.18 Å². The van der Waals surface area contributed by atoms with Crippen LogP contribution in [0.15, 0.2) is 29.3 Å². The van der Waals surface area contributed by atoms with Crippen LogP contribution < -0.4 is 5.48 Å². The first-order valence-electron chi connectivity index (χ1n) is 5.38. The van der Waals surface area contributed by atoms with Gasteiger partial charge in [0.25, 0.3) is 0 Å². The second-order valence-corrected chi connectivity index (χ2v) is 3.79. The van der Waals surface area contributed by atoms with Gasteiger partial charge in [-0.3, -0.25) is 4.99 Å². The van der Waals surface area contributed by atoms with Crippen LogP contribution in [0.5, 0.6) is 0 Å². The van der Waals surface area contributed by atoms with Crippen molar-refractivity contribution in [3.8, 4) is 6.07 Å². The Kier molecular flexibility index (Phi) is 5.03. The maximum atomic E-state index is 12.6. The molecule has 4 nitrogen and oxygen atoms in total. The molecule has 0 bridgehead atoms. The van der Waals surface area contributed by atoms with Crippen molar-refractivity contribution in [3.05, 3.63) is 35.4 Å². The van der Waals surface area contributed by atoms with E-state index < -0.39 is 17.8 Å². The highest BCUT2D eigenvalue weighted by molar-refractivity contribution is 6.04. The van der Waals surface area contributed by atoms with E-state index >= 15 is 0 Å². The summed E-state index contributed by atoms with van der Waals surface area (Å²) in [5, 5.41) is 17.3. The first kappa shape index (κ1) is 15.1. The van der Waals surface area contributed by atoms with Gasteiger partial charge in [0.1, 0.15) is 6.54 Å². The number of hydrogen-bond donors (Lipinski definition) is 2. The number of hydrogen-bond acceptors (Lipinski definition) is 4. The van der Waals surface area contributed by atoms with Crippen LogP contribution in [0.4, 0.5) is 13.2 Å². The molecule has 1 rings (SSSR count). The number of hydroxylamine groups is 1. The summed E-state index contributed by atoms with van der Waals surface area (Å²) >= 11 is 0. The zero-order valence-corrected chi connectivity index (χ0v) is 10.1. The molecule has 0 aliphatic rings. The second-order valence-electron chi connectivity index (χ2n) is 3.79. The number of benzene rings is 1. The minimum absolute atomic E-state index is 0.190. The predicted molar refractivity (Wildman–Crippen MR) is 62.8 cm³/mol. The van der Waals surface area contributed by atoms with Gasteiger partial charge in [0, 0.05) is 0 Å². The molecule has 0 aliphatic heterocycles. The number of aliphatic imine (C=N–C) groups is 1. The lowest BCUT2D eigenvalue weighted by Gasteiger charge is -2.15. The monoisotopic (exact) mass is 271 g/mol. The Hall–Kier alpha value is -1.91. The molecule has 0 saturated heterocycles. The molecule has 19 heavy (non-hydrogen) atoms. The van der Waals surface area contributed by atoms with Crippen LogP contribution in [0.1, 0.15) is 18.1 Å². The fourth-order valence-electron chi connectivity index (χ4n) is 1.51. The third kappa shape index (κ3) is 4.05. The molecular formula is C12H12F3N3O. The maximum Gasteiger partial charge on any atom is 0.416 e. The van der Waals surface area contributed by atoms with Crippen LogP contribution in [-0.4, -0.2) is 23.5 Å². The first-order valence-corrected chi connectivity index (χ1v) is 5.38. The Bertz CT molecular complexity index is 506. The van der Waals surface area contributed by atoms with Gasteiger partial charge in [0.05, 0.1) is 23.4 Å². The van der Waals surface area contributed by atoms with Gasteiger partial charge < -0.3 is 5.21 Å². The number of halogens is 3. The fraction of sp³-hybridized carbons (Fsp3) is 0.333. The average molecular weight is 271 g/mol. The van der Waals surface area contributed by atoms with Gasteiger partial charge in [-0.25, -0.2) is 0 Å². The van der Waals surface area contributed by atoms with E-state index in [1.165, 1.54) is 19.1 Å². The van der Waals surface area contributed by atoms with Gasteiger partial charge in [0.2, 0.25) is 0 Å². The number of alkyl halides is 3. The molecule has 2 N–H and O–H groups in total. The number of rotatable bonds is 4. The van der Waals surface area contributed by atoms with E-state index in [2.05, 4.69) is 4.99 Å². The average Bonchev–Trinajstić information content (AvgIpc) is 2.38. The molecule has 1 unspecified atom stereocenters. The summed E-state index contributed by atoms with van der Waals surface area (Å²) in [5.41, 5.74) is 1.50. The summed E-state index contributed by atoms with van der Waals surface area (Å²) in [6.07, 6.45) is -4.45. The van der Waals surface area contributed by atoms with Crippen LogP contribution in [0.2, 0.25) is 0 Å². The van der Waals surface area contributed by atoms with E-state index in [1.54, 1.807) is 6.07 Å². The van der Waals surface area contributed by atoms with Crippen molar-refractivity contribution < 1.29 is 18.4 Å². The topological polar surface area (TPSA) is 68.4 Å². The number of nitrogens with one attached hydrogen (secondary N) is 1. The van der Waals surface area contributed by atoms with Crippen molar-refractivity contribution in [1.82, 2.24) is 5.48 Å². The first-order chi connectivity index (χ1) is 8.90. The minimum atomic E-state index is -4.45. The molecule has 0 amide bonds. The Morgan fingerprint density at radius 1 is 1.53 bits per heavy atom. The highest BCUT2D eigenvalue weighted by Crippen LogP contribution is 2.29. The zero-order chi connectivity index (χ0) is 14.5. The number of nitriles is 1. The Morgan fingerprint density at radius 2 is 2.21 bits per heavy atom. The standard InChI is InChI=1S/C12H12F3N3O/c1-8(18-19)11(17-6-5-16)9-3-2-4-10(7-9)12(13,14)15/h2-4,7-8,18-19H,6H2,1H3. The summed E-state index contributed by atoms with van der Waals surface area (Å²) in [6, 6.07) is 5.67. The van der Waals surface area contributed by atoms with E-state index in [-0.39, 0.29) is 17.8 Å². The van der Waals surface area contributed by atoms with Gasteiger partial charge in [-0.2, -0.15) is 23.9 Å².